The maximum Gasteiger partial charge on any atom is 0.351 e. The van der Waals surface area contributed by atoms with E-state index in [2.05, 4.69) is 0 Å². The van der Waals surface area contributed by atoms with Crippen LogP contribution < -0.4 is 18.9 Å². The van der Waals surface area contributed by atoms with Gasteiger partial charge < -0.3 is 23.4 Å². The van der Waals surface area contributed by atoms with Crippen LogP contribution in [0.2, 0.25) is 0 Å². The van der Waals surface area contributed by atoms with Crippen LogP contribution in [0.15, 0.2) is 58.9 Å². The molecule has 7 nitrogen and oxygen atoms in total. The standard InChI is InChI=1S/C23H18O7/c1-13-16(30-23(25)20-17(26-2)7-4-8-18(20)27-3)10-9-15-21(24)19(29-22(13)15)12-14-6-5-11-28-14/h4-12H,1-3H3/b19-12+. The molecule has 0 fully saturated rings. The molecule has 0 atom stereocenters. The molecule has 0 bridgehead atoms. The van der Waals surface area contributed by atoms with Crippen molar-refractivity contribution in [3.63, 3.8) is 0 Å². The Bertz CT molecular complexity index is 1130. The highest BCUT2D eigenvalue weighted by molar-refractivity contribution is 6.14. The highest BCUT2D eigenvalue weighted by Gasteiger charge is 2.31. The van der Waals surface area contributed by atoms with Gasteiger partial charge in [0, 0.05) is 11.6 Å². The summed E-state index contributed by atoms with van der Waals surface area (Å²) in [6, 6.07) is 11.5. The van der Waals surface area contributed by atoms with Crippen molar-refractivity contribution in [2.24, 2.45) is 0 Å². The summed E-state index contributed by atoms with van der Waals surface area (Å²) in [7, 11) is 2.91. The molecule has 1 aliphatic heterocycles. The van der Waals surface area contributed by atoms with Gasteiger partial charge >= 0.3 is 5.97 Å². The lowest BCUT2D eigenvalue weighted by atomic mass is 10.1. The zero-order valence-electron chi connectivity index (χ0n) is 16.6. The molecule has 0 saturated heterocycles. The fourth-order valence-corrected chi connectivity index (χ4v) is 3.18. The monoisotopic (exact) mass is 406 g/mol. The zero-order chi connectivity index (χ0) is 21.3. The van der Waals surface area contributed by atoms with E-state index in [1.54, 1.807) is 49.4 Å². The van der Waals surface area contributed by atoms with E-state index < -0.39 is 5.97 Å². The van der Waals surface area contributed by atoms with E-state index in [1.165, 1.54) is 26.6 Å². The molecule has 1 aromatic heterocycles. The molecule has 4 rings (SSSR count). The maximum atomic E-state index is 12.9. The number of benzene rings is 2. The Hall–Kier alpha value is -4.00. The first-order valence-electron chi connectivity index (χ1n) is 9.08. The third kappa shape index (κ3) is 3.30. The third-order valence-electron chi connectivity index (χ3n) is 4.69. The predicted octanol–water partition coefficient (Wildman–Crippen LogP) is 4.44. The summed E-state index contributed by atoms with van der Waals surface area (Å²) < 4.78 is 27.1. The topological polar surface area (TPSA) is 84.2 Å². The van der Waals surface area contributed by atoms with Crippen molar-refractivity contribution in [3.05, 3.63) is 76.9 Å². The predicted molar refractivity (Wildman–Crippen MR) is 107 cm³/mol. The highest BCUT2D eigenvalue weighted by Crippen LogP contribution is 2.40. The second kappa shape index (κ2) is 7.79. The Morgan fingerprint density at radius 1 is 0.967 bits per heavy atom. The van der Waals surface area contributed by atoms with Gasteiger partial charge in [-0.1, -0.05) is 6.07 Å². The number of methoxy groups -OCH3 is 2. The molecule has 152 valence electrons. The zero-order valence-corrected chi connectivity index (χ0v) is 16.6. The quantitative estimate of drug-likeness (QED) is 0.352. The van der Waals surface area contributed by atoms with E-state index in [1.807, 2.05) is 0 Å². The number of esters is 1. The summed E-state index contributed by atoms with van der Waals surface area (Å²) in [5.41, 5.74) is 1.07. The van der Waals surface area contributed by atoms with Crippen molar-refractivity contribution in [2.75, 3.05) is 14.2 Å². The first-order chi connectivity index (χ1) is 14.5. The third-order valence-corrected chi connectivity index (χ3v) is 4.69. The number of carbonyl (C=O) groups is 2. The number of carbonyl (C=O) groups excluding carboxylic acids is 2. The van der Waals surface area contributed by atoms with Crippen molar-refractivity contribution in [3.8, 4) is 23.0 Å². The van der Waals surface area contributed by atoms with Crippen molar-refractivity contribution < 1.29 is 33.0 Å². The lowest BCUT2D eigenvalue weighted by molar-refractivity contribution is 0.0726. The Kier molecular flexibility index (Phi) is 5.02. The minimum Gasteiger partial charge on any atom is -0.496 e. The number of rotatable bonds is 5. The average molecular weight is 406 g/mol. The van der Waals surface area contributed by atoms with Crippen molar-refractivity contribution >= 4 is 17.8 Å². The molecule has 2 heterocycles. The Morgan fingerprint density at radius 3 is 2.33 bits per heavy atom. The SMILES string of the molecule is COc1cccc(OC)c1C(=O)Oc1ccc2c(c1C)O/C(=C/c1ccco1)C2=O. The van der Waals surface area contributed by atoms with Crippen LogP contribution in [0.3, 0.4) is 0 Å². The first kappa shape index (κ1) is 19.3. The summed E-state index contributed by atoms with van der Waals surface area (Å²) >= 11 is 0. The molecule has 3 aromatic rings. The van der Waals surface area contributed by atoms with E-state index in [0.29, 0.717) is 34.1 Å². The molecule has 1 aliphatic rings. The van der Waals surface area contributed by atoms with E-state index in [-0.39, 0.29) is 22.9 Å². The van der Waals surface area contributed by atoms with Crippen LogP contribution in [0.4, 0.5) is 0 Å². The fraction of sp³-hybridized carbons (Fsp3) is 0.130. The van der Waals surface area contributed by atoms with Gasteiger partial charge in [-0.2, -0.15) is 0 Å². The molecule has 0 radical (unpaired) electrons. The average Bonchev–Trinajstić information content (AvgIpc) is 3.38. The van der Waals surface area contributed by atoms with Crippen molar-refractivity contribution in [1.82, 2.24) is 0 Å². The molecule has 0 spiro atoms. The van der Waals surface area contributed by atoms with Gasteiger partial charge in [-0.15, -0.1) is 0 Å². The van der Waals surface area contributed by atoms with Gasteiger partial charge in [0.25, 0.3) is 0 Å². The molecule has 0 unspecified atom stereocenters. The molecule has 7 heteroatoms. The Morgan fingerprint density at radius 2 is 1.70 bits per heavy atom. The molecule has 0 amide bonds. The maximum absolute atomic E-state index is 12.9. The van der Waals surface area contributed by atoms with Gasteiger partial charge in [0.1, 0.15) is 34.3 Å². The molecular formula is C23H18O7. The summed E-state index contributed by atoms with van der Waals surface area (Å²) in [6.45, 7) is 1.71. The number of fused-ring (bicyclic) bond motifs is 1. The number of ketones is 1. The number of allylic oxidation sites excluding steroid dienone is 1. The van der Waals surface area contributed by atoms with Crippen LogP contribution >= 0.6 is 0 Å². The lowest BCUT2D eigenvalue weighted by Crippen LogP contribution is -2.12. The van der Waals surface area contributed by atoms with E-state index in [4.69, 9.17) is 23.4 Å². The first-order valence-corrected chi connectivity index (χ1v) is 9.08. The van der Waals surface area contributed by atoms with Crippen LogP contribution in [0.25, 0.3) is 6.08 Å². The van der Waals surface area contributed by atoms with Gasteiger partial charge in [0.05, 0.1) is 26.0 Å². The number of hydrogen-bond acceptors (Lipinski definition) is 7. The second-order valence-corrected chi connectivity index (χ2v) is 6.45. The smallest absolute Gasteiger partial charge is 0.351 e. The summed E-state index contributed by atoms with van der Waals surface area (Å²) in [4.78, 5) is 25.5. The summed E-state index contributed by atoms with van der Waals surface area (Å²) in [6.07, 6.45) is 3.03. The normalized spacial score (nSPS) is 13.7. The van der Waals surface area contributed by atoms with Gasteiger partial charge in [0.15, 0.2) is 5.76 Å². The number of hydrogen-bond donors (Lipinski definition) is 0. The van der Waals surface area contributed by atoms with Gasteiger partial charge in [-0.3, -0.25) is 4.79 Å². The second-order valence-electron chi connectivity index (χ2n) is 6.45. The fourth-order valence-electron chi connectivity index (χ4n) is 3.18. The van der Waals surface area contributed by atoms with Crippen molar-refractivity contribution in [2.45, 2.75) is 6.92 Å². The van der Waals surface area contributed by atoms with E-state index >= 15 is 0 Å². The Labute approximate surface area is 172 Å². The van der Waals surface area contributed by atoms with Crippen LogP contribution in [0, 0.1) is 6.92 Å². The largest absolute Gasteiger partial charge is 0.496 e. The summed E-state index contributed by atoms with van der Waals surface area (Å²) in [5, 5.41) is 0. The molecule has 0 N–H and O–H groups in total. The van der Waals surface area contributed by atoms with Crippen LogP contribution in [-0.2, 0) is 0 Å². The molecule has 0 saturated carbocycles. The van der Waals surface area contributed by atoms with Crippen LogP contribution in [0.5, 0.6) is 23.0 Å². The Balaban J connectivity index is 1.65. The van der Waals surface area contributed by atoms with Crippen LogP contribution in [0.1, 0.15) is 32.0 Å². The summed E-state index contributed by atoms with van der Waals surface area (Å²) in [5.74, 6) is 0.976. The number of furan rings is 1. The lowest BCUT2D eigenvalue weighted by Gasteiger charge is -2.14. The molecule has 2 aromatic carbocycles. The number of ether oxygens (including phenoxy) is 4. The van der Waals surface area contributed by atoms with Crippen molar-refractivity contribution in [1.29, 1.82) is 0 Å². The highest BCUT2D eigenvalue weighted by atomic mass is 16.5. The number of Topliss-reactive ketones (excluding diaryl/α,β-unsaturated/α-hetero) is 1. The molecule has 0 aliphatic carbocycles. The van der Waals surface area contributed by atoms with E-state index in [0.717, 1.165) is 0 Å². The van der Waals surface area contributed by atoms with Crippen LogP contribution in [-0.4, -0.2) is 26.0 Å². The van der Waals surface area contributed by atoms with Gasteiger partial charge in [-0.05, 0) is 43.3 Å². The van der Waals surface area contributed by atoms with E-state index in [9.17, 15) is 9.59 Å². The minimum atomic E-state index is -0.650. The van der Waals surface area contributed by atoms with Gasteiger partial charge in [0.2, 0.25) is 5.78 Å². The molecular weight excluding hydrogens is 388 g/mol. The van der Waals surface area contributed by atoms with Gasteiger partial charge in [-0.25, -0.2) is 4.79 Å². The molecule has 30 heavy (non-hydrogen) atoms. The minimum absolute atomic E-state index is 0.137.